The molecule has 5 fully saturated rings. The van der Waals surface area contributed by atoms with E-state index in [2.05, 4.69) is 10.2 Å². The highest BCUT2D eigenvalue weighted by Gasteiger charge is 2.61. The van der Waals surface area contributed by atoms with Gasteiger partial charge in [0.2, 0.25) is 5.54 Å². The van der Waals surface area contributed by atoms with Gasteiger partial charge in [-0.2, -0.15) is 0 Å². The van der Waals surface area contributed by atoms with Gasteiger partial charge < -0.3 is 24.5 Å². The number of ether oxygens (including phenoxy) is 2. The monoisotopic (exact) mass is 389 g/mol. The summed E-state index contributed by atoms with van der Waals surface area (Å²) in [5.41, 5.74) is -0.723. The Morgan fingerprint density at radius 2 is 1.86 bits per heavy atom. The van der Waals surface area contributed by atoms with E-state index in [-0.39, 0.29) is 23.8 Å². The van der Waals surface area contributed by atoms with E-state index in [9.17, 15) is 9.59 Å². The second-order valence-corrected chi connectivity index (χ2v) is 10.2. The average molecular weight is 389 g/mol. The molecule has 0 spiro atoms. The van der Waals surface area contributed by atoms with Gasteiger partial charge in [-0.25, -0.2) is 16.2 Å². The van der Waals surface area contributed by atoms with Gasteiger partial charge in [-0.15, -0.1) is 0 Å². The molecule has 4 saturated carbocycles. The third-order valence-corrected chi connectivity index (χ3v) is 6.80. The predicted molar refractivity (Wildman–Crippen MR) is 103 cm³/mol. The zero-order valence-electron chi connectivity index (χ0n) is 17.1. The van der Waals surface area contributed by atoms with E-state index < -0.39 is 11.7 Å². The molecule has 1 aliphatic heterocycles. The van der Waals surface area contributed by atoms with Gasteiger partial charge in [-0.3, -0.25) is 0 Å². The molecule has 154 valence electrons. The normalized spacial score (nSPS) is 38.8. The van der Waals surface area contributed by atoms with Crippen LogP contribution < -0.4 is 5.32 Å². The molecule has 2 unspecified atom stereocenters. The SMILES string of the molecule is [C-]#[N+]C12CC3CC(C1)C(OC(=O)N1CC[C@@H](NC(=O)OC(C)(C)C)C1)C(C3)C2. The van der Waals surface area contributed by atoms with Crippen molar-refractivity contribution in [2.45, 2.75) is 82.6 Å². The van der Waals surface area contributed by atoms with Crippen LogP contribution in [0.2, 0.25) is 0 Å². The highest BCUT2D eigenvalue weighted by atomic mass is 16.6. The minimum atomic E-state index is -0.538. The van der Waals surface area contributed by atoms with Gasteiger partial charge in [0.05, 0.1) is 6.04 Å². The first-order valence-corrected chi connectivity index (χ1v) is 10.5. The van der Waals surface area contributed by atoms with E-state index >= 15 is 0 Å². The van der Waals surface area contributed by atoms with Crippen molar-refractivity contribution in [1.82, 2.24) is 10.2 Å². The molecular formula is C21H31N3O4. The fraction of sp³-hybridized carbons (Fsp3) is 0.857. The maximum Gasteiger partial charge on any atom is 0.410 e. The molecule has 0 aromatic rings. The van der Waals surface area contributed by atoms with E-state index in [0.717, 1.165) is 32.1 Å². The lowest BCUT2D eigenvalue weighted by Crippen LogP contribution is -2.57. The first-order valence-electron chi connectivity index (χ1n) is 10.5. The van der Waals surface area contributed by atoms with Crippen molar-refractivity contribution in [2.24, 2.45) is 17.8 Å². The lowest BCUT2D eigenvalue weighted by molar-refractivity contribution is -0.101. The van der Waals surface area contributed by atoms with Gasteiger partial charge in [-0.05, 0) is 46.0 Å². The van der Waals surface area contributed by atoms with Crippen LogP contribution in [0.3, 0.4) is 0 Å². The van der Waals surface area contributed by atoms with Crippen molar-refractivity contribution in [2.75, 3.05) is 13.1 Å². The fourth-order valence-electron chi connectivity index (χ4n) is 5.97. The summed E-state index contributed by atoms with van der Waals surface area (Å²) in [4.78, 5) is 30.4. The summed E-state index contributed by atoms with van der Waals surface area (Å²) in [5, 5.41) is 2.84. The summed E-state index contributed by atoms with van der Waals surface area (Å²) in [5.74, 6) is 1.31. The van der Waals surface area contributed by atoms with Gasteiger partial charge in [0.1, 0.15) is 11.7 Å². The minimum Gasteiger partial charge on any atom is -0.445 e. The second kappa shape index (κ2) is 6.82. The van der Waals surface area contributed by atoms with Crippen molar-refractivity contribution in [1.29, 1.82) is 0 Å². The Labute approximate surface area is 166 Å². The molecule has 1 N–H and O–H groups in total. The number of carbonyl (C=O) groups is 2. The summed E-state index contributed by atoms with van der Waals surface area (Å²) in [6.45, 7) is 14.1. The summed E-state index contributed by atoms with van der Waals surface area (Å²) in [6.07, 6.45) is 4.92. The van der Waals surface area contributed by atoms with Crippen LogP contribution in [-0.2, 0) is 9.47 Å². The maximum absolute atomic E-state index is 12.7. The number of hydrogen-bond acceptors (Lipinski definition) is 4. The Morgan fingerprint density at radius 3 is 2.46 bits per heavy atom. The molecule has 1 heterocycles. The van der Waals surface area contributed by atoms with Crippen molar-refractivity contribution in [3.8, 4) is 0 Å². The molecule has 7 heteroatoms. The Morgan fingerprint density at radius 1 is 1.18 bits per heavy atom. The van der Waals surface area contributed by atoms with E-state index in [4.69, 9.17) is 16.0 Å². The smallest absolute Gasteiger partial charge is 0.410 e. The number of nitrogens with zero attached hydrogens (tertiary/aromatic N) is 2. The van der Waals surface area contributed by atoms with Crippen LogP contribution in [-0.4, -0.2) is 53.5 Å². The van der Waals surface area contributed by atoms with E-state index in [1.165, 1.54) is 0 Å². The second-order valence-electron chi connectivity index (χ2n) is 10.2. The van der Waals surface area contributed by atoms with Crippen LogP contribution in [0.5, 0.6) is 0 Å². The lowest BCUT2D eigenvalue weighted by atomic mass is 9.52. The highest BCUT2D eigenvalue weighted by molar-refractivity contribution is 5.70. The van der Waals surface area contributed by atoms with Gasteiger partial charge in [0, 0.05) is 44.2 Å². The van der Waals surface area contributed by atoms with Gasteiger partial charge in [0.25, 0.3) is 0 Å². The van der Waals surface area contributed by atoms with E-state index in [1.807, 2.05) is 20.8 Å². The highest BCUT2D eigenvalue weighted by Crippen LogP contribution is 2.58. The summed E-state index contributed by atoms with van der Waals surface area (Å²) < 4.78 is 11.3. The number of nitrogens with one attached hydrogen (secondary N) is 1. The lowest BCUT2D eigenvalue weighted by Gasteiger charge is -2.54. The average Bonchev–Trinajstić information content (AvgIpc) is 3.04. The van der Waals surface area contributed by atoms with E-state index in [0.29, 0.717) is 37.3 Å². The molecule has 5 rings (SSSR count). The number of alkyl carbamates (subject to hydrolysis) is 1. The molecule has 3 atom stereocenters. The third kappa shape index (κ3) is 3.78. The zero-order valence-corrected chi connectivity index (χ0v) is 17.1. The number of likely N-dealkylation sites (tertiary alicyclic amines) is 1. The number of rotatable bonds is 2. The van der Waals surface area contributed by atoms with Crippen LogP contribution in [0.25, 0.3) is 4.85 Å². The molecule has 28 heavy (non-hydrogen) atoms. The maximum atomic E-state index is 12.7. The molecule has 1 saturated heterocycles. The van der Waals surface area contributed by atoms with Crippen LogP contribution in [0.4, 0.5) is 9.59 Å². The fourth-order valence-corrected chi connectivity index (χ4v) is 5.97. The summed E-state index contributed by atoms with van der Waals surface area (Å²) >= 11 is 0. The van der Waals surface area contributed by atoms with Gasteiger partial charge >= 0.3 is 12.2 Å². The third-order valence-electron chi connectivity index (χ3n) is 6.80. The Bertz CT molecular complexity index is 679. The molecule has 5 aliphatic rings. The topological polar surface area (TPSA) is 72.2 Å². The molecule has 4 aliphatic carbocycles. The number of carbonyl (C=O) groups excluding carboxylic acids is 2. The Hall–Kier alpha value is -1.97. The van der Waals surface area contributed by atoms with Crippen molar-refractivity contribution < 1.29 is 19.1 Å². The molecular weight excluding hydrogens is 358 g/mol. The molecule has 0 aromatic heterocycles. The van der Waals surface area contributed by atoms with E-state index in [1.54, 1.807) is 4.90 Å². The predicted octanol–water partition coefficient (Wildman–Crippen LogP) is 3.59. The minimum absolute atomic E-state index is 0.0446. The largest absolute Gasteiger partial charge is 0.445 e. The molecule has 0 radical (unpaired) electrons. The van der Waals surface area contributed by atoms with Crippen LogP contribution >= 0.6 is 0 Å². The van der Waals surface area contributed by atoms with Gasteiger partial charge in [0.15, 0.2) is 0 Å². The van der Waals surface area contributed by atoms with Gasteiger partial charge in [-0.1, -0.05) is 0 Å². The molecule has 0 aromatic carbocycles. The van der Waals surface area contributed by atoms with Crippen molar-refractivity contribution in [3.63, 3.8) is 0 Å². The molecule has 2 amide bonds. The van der Waals surface area contributed by atoms with Crippen LogP contribution in [0.1, 0.15) is 59.3 Å². The first-order chi connectivity index (χ1) is 13.2. The van der Waals surface area contributed by atoms with Crippen molar-refractivity contribution >= 4 is 12.2 Å². The molecule has 4 bridgehead atoms. The zero-order chi connectivity index (χ0) is 20.1. The quantitative estimate of drug-likeness (QED) is 0.733. The van der Waals surface area contributed by atoms with Crippen molar-refractivity contribution in [3.05, 3.63) is 11.4 Å². The number of amides is 2. The van der Waals surface area contributed by atoms with Crippen LogP contribution in [0, 0.1) is 24.3 Å². The Balaban J connectivity index is 1.30. The summed E-state index contributed by atoms with van der Waals surface area (Å²) in [7, 11) is 0. The molecule has 7 nitrogen and oxygen atoms in total. The van der Waals surface area contributed by atoms with Crippen LogP contribution in [0.15, 0.2) is 0 Å². The Kier molecular flexibility index (Phi) is 4.71. The number of hydrogen-bond donors (Lipinski definition) is 1. The standard InChI is InChI=1S/C21H31N3O4/c1-20(2,3)28-18(25)23-16-5-6-24(12-16)19(26)27-17-14-7-13-8-15(17)11-21(9-13,10-14)22-4/h13-17H,5-12H2,1-3H3,(H,23,25)/t13?,14?,15?,16-,17?,21?/m1/s1. The first kappa shape index (κ1) is 19.4. The summed E-state index contributed by atoms with van der Waals surface area (Å²) in [6, 6.07) is -0.105.